The van der Waals surface area contributed by atoms with Crippen LogP contribution in [-0.2, 0) is 0 Å². The fourth-order valence-corrected chi connectivity index (χ4v) is 5.08. The van der Waals surface area contributed by atoms with Crippen LogP contribution in [0, 0.1) is 0 Å². The first-order chi connectivity index (χ1) is 18.7. The molecule has 0 aliphatic rings. The molecule has 0 spiro atoms. The summed E-state index contributed by atoms with van der Waals surface area (Å²) in [6.45, 7) is 0. The van der Waals surface area contributed by atoms with Gasteiger partial charge < -0.3 is 4.57 Å². The van der Waals surface area contributed by atoms with Crippen LogP contribution in [0.2, 0.25) is 0 Å². The van der Waals surface area contributed by atoms with Crippen molar-refractivity contribution >= 4 is 70.1 Å². The third-order valence-electron chi connectivity index (χ3n) is 6.11. The lowest BCUT2D eigenvalue weighted by Gasteiger charge is -2.13. The largest absolute Gasteiger partial charge is 0.309 e. The third kappa shape index (κ3) is 2.44. The van der Waals surface area contributed by atoms with Crippen molar-refractivity contribution in [1.82, 2.24) is 4.57 Å². The lowest BCUT2D eigenvalue weighted by Crippen LogP contribution is -1.94. The molecular weight excluding hydrogens is 454 g/mol. The maximum atomic E-state index is 8.86. The Morgan fingerprint density at radius 3 is 1.88 bits per heavy atom. The molecule has 1 nitrogen and oxygen atoms in total. The van der Waals surface area contributed by atoms with Crippen molar-refractivity contribution in [2.24, 2.45) is 0 Å². The number of halogens is 1. The van der Waals surface area contributed by atoms with Gasteiger partial charge >= 0.3 is 0 Å². The summed E-state index contributed by atoms with van der Waals surface area (Å²) in [5, 5.41) is 6.72. The summed E-state index contributed by atoms with van der Waals surface area (Å²) in [6.07, 6.45) is 0. The topological polar surface area (TPSA) is 4.93 Å². The lowest BCUT2D eigenvalue weighted by molar-refractivity contribution is 1.19. The Labute approximate surface area is 203 Å². The Morgan fingerprint density at radius 2 is 1.16 bits per heavy atom. The van der Waals surface area contributed by atoms with E-state index in [4.69, 9.17) is 9.60 Å². The van der Waals surface area contributed by atoms with Crippen LogP contribution in [-0.4, -0.2) is 4.57 Å². The number of nitrogens with zero attached hydrogens (tertiary/aromatic N) is 1. The molecule has 0 bridgehead atoms. The van der Waals surface area contributed by atoms with Gasteiger partial charge in [-0.2, -0.15) is 0 Å². The molecular formula is C30H18BrN. The fourth-order valence-electron chi connectivity index (χ4n) is 4.78. The first-order valence-corrected chi connectivity index (χ1v) is 11.0. The molecule has 32 heavy (non-hydrogen) atoms. The zero-order valence-electron chi connectivity index (χ0n) is 23.7. The second-order valence-corrected chi connectivity index (χ2v) is 8.59. The second kappa shape index (κ2) is 6.69. The van der Waals surface area contributed by atoms with Gasteiger partial charge in [0.15, 0.2) is 0 Å². The van der Waals surface area contributed by atoms with Crippen molar-refractivity contribution in [2.75, 3.05) is 0 Å². The maximum absolute atomic E-state index is 8.86. The minimum absolute atomic E-state index is 0.0861. The van der Waals surface area contributed by atoms with Gasteiger partial charge in [-0.05, 0) is 68.6 Å². The molecule has 0 aliphatic heterocycles. The molecule has 0 saturated carbocycles. The Bertz CT molecular complexity index is 2110. The summed E-state index contributed by atoms with van der Waals surface area (Å²) in [7, 11) is 0. The van der Waals surface area contributed by atoms with E-state index in [1.54, 1.807) is 4.57 Å². The molecule has 0 radical (unpaired) electrons. The van der Waals surface area contributed by atoms with Crippen LogP contribution in [0.1, 0.15) is 9.60 Å². The summed E-state index contributed by atoms with van der Waals surface area (Å²) >= 11 is 3.26. The van der Waals surface area contributed by atoms with Crippen molar-refractivity contribution < 1.29 is 9.60 Å². The Kier molecular flexibility index (Phi) is 2.60. The average molecular weight is 479 g/mol. The number of benzene rings is 6. The van der Waals surface area contributed by atoms with E-state index in [1.807, 2.05) is 42.5 Å². The molecule has 0 aliphatic carbocycles. The van der Waals surface area contributed by atoms with Gasteiger partial charge in [-0.1, -0.05) is 88.7 Å². The zero-order chi connectivity index (χ0) is 27.3. The summed E-state index contributed by atoms with van der Waals surface area (Å²) in [4.78, 5) is 0. The van der Waals surface area contributed by atoms with Crippen LogP contribution in [0.4, 0.5) is 0 Å². The first-order valence-electron chi connectivity index (χ1n) is 13.8. The highest BCUT2D eigenvalue weighted by molar-refractivity contribution is 9.10. The fraction of sp³-hybridized carbons (Fsp3) is 0. The van der Waals surface area contributed by atoms with Crippen molar-refractivity contribution in [3.63, 3.8) is 0 Å². The molecule has 1 heterocycles. The number of hydrogen-bond acceptors (Lipinski definition) is 0. The monoisotopic (exact) mass is 478 g/mol. The SMILES string of the molecule is [2H]c1c([2H])c([2H])c2c(c1[2H])c1c([2H])c(Br)c([2H])c([2H])c1n2-c1ccc2c3ccccc3c3ccccc3c2c1. The molecule has 150 valence electrons. The maximum Gasteiger partial charge on any atom is 0.0646 e. The van der Waals surface area contributed by atoms with E-state index in [1.165, 1.54) is 0 Å². The van der Waals surface area contributed by atoms with Crippen molar-refractivity contribution in [2.45, 2.75) is 0 Å². The van der Waals surface area contributed by atoms with Crippen LogP contribution in [0.3, 0.4) is 0 Å². The van der Waals surface area contributed by atoms with E-state index >= 15 is 0 Å². The minimum Gasteiger partial charge on any atom is -0.309 e. The van der Waals surface area contributed by atoms with Crippen LogP contribution in [0.5, 0.6) is 0 Å². The molecule has 6 aromatic carbocycles. The van der Waals surface area contributed by atoms with E-state index in [-0.39, 0.29) is 56.5 Å². The summed E-state index contributed by atoms with van der Waals surface area (Å²) in [5.41, 5.74) is 0.974. The predicted molar refractivity (Wildman–Crippen MR) is 141 cm³/mol. The third-order valence-corrected chi connectivity index (χ3v) is 6.51. The van der Waals surface area contributed by atoms with Gasteiger partial charge in [0.2, 0.25) is 0 Å². The zero-order valence-corrected chi connectivity index (χ0v) is 18.3. The van der Waals surface area contributed by atoms with Crippen LogP contribution >= 0.6 is 15.9 Å². The Morgan fingerprint density at radius 1 is 0.562 bits per heavy atom. The molecule has 2 heteroatoms. The number of aromatic nitrogens is 1. The second-order valence-electron chi connectivity index (χ2n) is 7.79. The van der Waals surface area contributed by atoms with Gasteiger partial charge in [0.05, 0.1) is 20.6 Å². The molecule has 0 N–H and O–H groups in total. The predicted octanol–water partition coefficient (Wildman–Crippen LogP) is 9.01. The van der Waals surface area contributed by atoms with Crippen LogP contribution in [0.15, 0.2) is 113 Å². The summed E-state index contributed by atoms with van der Waals surface area (Å²) in [5.74, 6) is 0. The van der Waals surface area contributed by atoms with Gasteiger partial charge in [-0.25, -0.2) is 0 Å². The molecule has 7 aromatic rings. The standard InChI is InChI=1S/C30H18BrN/c31-19-13-16-30-28(17-19)26-11-5-6-12-29(26)32(30)20-14-15-25-23-9-2-1-7-21(23)22-8-3-4-10-24(22)27(25)18-20/h1-18H/i5D,6D,11D,12D,13D,16D,17D. The molecule has 1 aromatic heterocycles. The molecule has 0 atom stereocenters. The Hall–Kier alpha value is -3.62. The van der Waals surface area contributed by atoms with Gasteiger partial charge in [0.1, 0.15) is 0 Å². The van der Waals surface area contributed by atoms with Gasteiger partial charge in [0.25, 0.3) is 0 Å². The lowest BCUT2D eigenvalue weighted by atomic mass is 9.94. The molecule has 0 fully saturated rings. The number of fused-ring (bicyclic) bond motifs is 9. The minimum atomic E-state index is -0.403. The van der Waals surface area contributed by atoms with Crippen molar-refractivity contribution in [3.8, 4) is 5.69 Å². The van der Waals surface area contributed by atoms with Crippen LogP contribution in [0.25, 0.3) is 59.8 Å². The number of para-hydroxylation sites is 1. The Balaban J connectivity index is 1.74. The van der Waals surface area contributed by atoms with Crippen LogP contribution < -0.4 is 0 Å². The van der Waals surface area contributed by atoms with Gasteiger partial charge in [0, 0.05) is 20.9 Å². The highest BCUT2D eigenvalue weighted by Gasteiger charge is 2.14. The van der Waals surface area contributed by atoms with E-state index in [0.717, 1.165) is 32.3 Å². The van der Waals surface area contributed by atoms with Crippen molar-refractivity contribution in [3.05, 3.63) is 113 Å². The normalized spacial score (nSPS) is 15.0. The smallest absolute Gasteiger partial charge is 0.0646 e. The molecule has 0 unspecified atom stereocenters. The highest BCUT2D eigenvalue weighted by atomic mass is 79.9. The van der Waals surface area contributed by atoms with E-state index in [0.29, 0.717) is 5.69 Å². The van der Waals surface area contributed by atoms with Gasteiger partial charge in [-0.3, -0.25) is 0 Å². The summed E-state index contributed by atoms with van der Waals surface area (Å²) < 4.78 is 62.0. The molecule has 0 saturated heterocycles. The first kappa shape index (κ1) is 12.4. The van der Waals surface area contributed by atoms with Crippen molar-refractivity contribution in [1.29, 1.82) is 0 Å². The van der Waals surface area contributed by atoms with E-state index in [2.05, 4.69) is 40.2 Å². The van der Waals surface area contributed by atoms with Gasteiger partial charge in [-0.15, -0.1) is 0 Å². The molecule has 7 rings (SSSR count). The number of hydrogen-bond donors (Lipinski definition) is 0. The quantitative estimate of drug-likeness (QED) is 0.207. The average Bonchev–Trinajstić information content (AvgIpc) is 3.33. The van der Waals surface area contributed by atoms with E-state index in [9.17, 15) is 0 Å². The summed E-state index contributed by atoms with van der Waals surface area (Å²) in [6, 6.07) is 20.4. The molecule has 0 amide bonds. The number of rotatable bonds is 1. The van der Waals surface area contributed by atoms with E-state index < -0.39 is 12.1 Å². The highest BCUT2D eigenvalue weighted by Crippen LogP contribution is 2.38.